The minimum Gasteiger partial charge on any atom is -0.390 e. The Morgan fingerprint density at radius 1 is 1.31 bits per heavy atom. The van der Waals surface area contributed by atoms with Crippen molar-refractivity contribution in [1.29, 1.82) is 0 Å². The van der Waals surface area contributed by atoms with Crippen molar-refractivity contribution in [2.75, 3.05) is 19.7 Å². The molecule has 1 fully saturated rings. The van der Waals surface area contributed by atoms with Gasteiger partial charge >= 0.3 is 0 Å². The number of sulfonamides is 1. The Bertz CT molecular complexity index is 1130. The molecule has 1 aromatic carbocycles. The monoisotopic (exact) mass is 516 g/mol. The first kappa shape index (κ1) is 26.5. The van der Waals surface area contributed by atoms with Crippen molar-refractivity contribution in [2.45, 2.75) is 61.8 Å². The van der Waals surface area contributed by atoms with Crippen molar-refractivity contribution in [3.8, 4) is 0 Å². The normalized spacial score (nSPS) is 21.6. The number of amides is 1. The largest absolute Gasteiger partial charge is 0.390 e. The number of hydrogen-bond acceptors (Lipinski definition) is 6. The first-order chi connectivity index (χ1) is 17.3. The second-order valence-electron chi connectivity index (χ2n) is 9.74. The Morgan fingerprint density at radius 2 is 2.11 bits per heavy atom. The second kappa shape index (κ2) is 12.1. The van der Waals surface area contributed by atoms with Crippen molar-refractivity contribution in [3.05, 3.63) is 60.6 Å². The van der Waals surface area contributed by atoms with Gasteiger partial charge in [-0.25, -0.2) is 13.4 Å². The summed E-state index contributed by atoms with van der Waals surface area (Å²) in [5, 5.41) is 14.3. The second-order valence-corrected chi connectivity index (χ2v) is 11.6. The van der Waals surface area contributed by atoms with Crippen molar-refractivity contribution in [2.24, 2.45) is 13.0 Å². The number of allylic oxidation sites excluding steroid dienone is 2. The third kappa shape index (κ3) is 7.03. The van der Waals surface area contributed by atoms with Crippen molar-refractivity contribution in [1.82, 2.24) is 19.2 Å². The van der Waals surface area contributed by atoms with Crippen LogP contribution in [0.15, 0.2) is 60.0 Å². The first-order valence-corrected chi connectivity index (χ1v) is 14.0. The fourth-order valence-corrected chi connectivity index (χ4v) is 6.25. The van der Waals surface area contributed by atoms with E-state index in [0.29, 0.717) is 19.4 Å². The molecule has 1 saturated heterocycles. The molecule has 10 heteroatoms. The quantitative estimate of drug-likeness (QED) is 0.418. The summed E-state index contributed by atoms with van der Waals surface area (Å²) in [6.07, 6.45) is 9.91. The number of aromatic nitrogens is 2. The van der Waals surface area contributed by atoms with Crippen molar-refractivity contribution >= 4 is 15.9 Å². The topological polar surface area (TPSA) is 114 Å². The summed E-state index contributed by atoms with van der Waals surface area (Å²) in [6.45, 7) is 0.529. The van der Waals surface area contributed by atoms with E-state index in [1.54, 1.807) is 11.6 Å². The van der Waals surface area contributed by atoms with Crippen LogP contribution in [0.1, 0.15) is 37.7 Å². The summed E-state index contributed by atoms with van der Waals surface area (Å²) in [7, 11) is -2.27. The lowest BCUT2D eigenvalue weighted by molar-refractivity contribution is -0.123. The van der Waals surface area contributed by atoms with Crippen LogP contribution in [0, 0.1) is 5.92 Å². The number of rotatable bonds is 12. The molecule has 1 amide bonds. The molecule has 2 aliphatic rings. The molecule has 0 spiro atoms. The van der Waals surface area contributed by atoms with Gasteiger partial charge in [-0.1, -0.05) is 42.5 Å². The molecule has 4 atom stereocenters. The van der Waals surface area contributed by atoms with E-state index in [-0.39, 0.29) is 36.0 Å². The Hall–Kier alpha value is -2.53. The minimum atomic E-state index is -3.98. The number of aryl methyl sites for hydroxylation is 1. The lowest BCUT2D eigenvalue weighted by Gasteiger charge is -2.30. The van der Waals surface area contributed by atoms with Crippen LogP contribution in [-0.4, -0.2) is 71.2 Å². The molecule has 0 radical (unpaired) electrons. The Labute approximate surface area is 213 Å². The van der Waals surface area contributed by atoms with E-state index in [9.17, 15) is 18.3 Å². The minimum absolute atomic E-state index is 0.0770. The van der Waals surface area contributed by atoms with Crippen LogP contribution in [0.2, 0.25) is 0 Å². The van der Waals surface area contributed by atoms with E-state index < -0.39 is 22.2 Å². The van der Waals surface area contributed by atoms with Gasteiger partial charge in [0, 0.05) is 39.4 Å². The third-order valence-electron chi connectivity index (χ3n) is 6.78. The zero-order valence-corrected chi connectivity index (χ0v) is 21.5. The standard InChI is InChI=1S/C26H36N4O5S/c1-29-18-26(27-19-29)36(33,34)30(16-22-12-7-13-35-22)17-24(31)23(14-20-8-3-2-4-9-20)28-25(32)15-21-10-5-6-11-21/h2-5,8-10,18-19,21-24,31H,6-7,11-17H2,1H3,(H,28,32). The SMILES string of the molecule is Cn1cnc(S(=O)(=O)N(CC2CCCO2)CC(O)C(Cc2ccccc2)NC(=O)CC2C=CCC2)c1. The average Bonchev–Trinajstić information content (AvgIpc) is 3.63. The molecule has 36 heavy (non-hydrogen) atoms. The lowest BCUT2D eigenvalue weighted by Crippen LogP contribution is -2.51. The molecular formula is C26H36N4O5S. The number of ether oxygens (including phenoxy) is 1. The van der Waals surface area contributed by atoms with E-state index in [0.717, 1.165) is 31.2 Å². The van der Waals surface area contributed by atoms with Gasteiger partial charge in [-0.2, -0.15) is 4.31 Å². The highest BCUT2D eigenvalue weighted by molar-refractivity contribution is 7.89. The van der Waals surface area contributed by atoms with Crippen LogP contribution in [0.4, 0.5) is 0 Å². The zero-order valence-electron chi connectivity index (χ0n) is 20.7. The smallest absolute Gasteiger partial charge is 0.262 e. The van der Waals surface area contributed by atoms with Crippen LogP contribution in [-0.2, 0) is 33.0 Å². The van der Waals surface area contributed by atoms with Crippen LogP contribution in [0.5, 0.6) is 0 Å². The van der Waals surface area contributed by atoms with Crippen LogP contribution >= 0.6 is 0 Å². The van der Waals surface area contributed by atoms with E-state index >= 15 is 0 Å². The fraction of sp³-hybridized carbons (Fsp3) is 0.538. The van der Waals surface area contributed by atoms with E-state index in [1.807, 2.05) is 30.3 Å². The molecular weight excluding hydrogens is 480 g/mol. The van der Waals surface area contributed by atoms with Gasteiger partial charge in [-0.3, -0.25) is 4.79 Å². The van der Waals surface area contributed by atoms with Gasteiger partial charge in [0.05, 0.1) is 24.6 Å². The van der Waals surface area contributed by atoms with Crippen LogP contribution < -0.4 is 5.32 Å². The van der Waals surface area contributed by atoms with Gasteiger partial charge in [0.25, 0.3) is 10.0 Å². The maximum Gasteiger partial charge on any atom is 0.262 e. The molecule has 2 heterocycles. The van der Waals surface area contributed by atoms with E-state index in [2.05, 4.69) is 22.5 Å². The summed E-state index contributed by atoms with van der Waals surface area (Å²) in [5.41, 5.74) is 0.945. The van der Waals surface area contributed by atoms with Gasteiger partial charge in [0.1, 0.15) is 0 Å². The Balaban J connectivity index is 1.53. The highest BCUT2D eigenvalue weighted by Gasteiger charge is 2.34. The predicted molar refractivity (Wildman–Crippen MR) is 136 cm³/mol. The summed E-state index contributed by atoms with van der Waals surface area (Å²) < 4.78 is 35.5. The number of nitrogens with zero attached hydrogens (tertiary/aromatic N) is 3. The van der Waals surface area contributed by atoms with Crippen LogP contribution in [0.25, 0.3) is 0 Å². The molecule has 1 aromatic heterocycles. The zero-order chi connectivity index (χ0) is 25.5. The molecule has 4 rings (SSSR count). The van der Waals surface area contributed by atoms with Gasteiger partial charge in [0.2, 0.25) is 5.91 Å². The third-order valence-corrected chi connectivity index (χ3v) is 8.49. The Kier molecular flexibility index (Phi) is 8.95. The average molecular weight is 517 g/mol. The molecule has 2 aromatic rings. The molecule has 9 nitrogen and oxygen atoms in total. The number of imidazole rings is 1. The predicted octanol–water partition coefficient (Wildman–Crippen LogP) is 2.03. The number of aliphatic hydroxyl groups is 1. The maximum atomic E-state index is 13.5. The summed E-state index contributed by atoms with van der Waals surface area (Å²) >= 11 is 0. The van der Waals surface area contributed by atoms with E-state index in [1.165, 1.54) is 16.8 Å². The van der Waals surface area contributed by atoms with Gasteiger partial charge in [-0.05, 0) is 43.6 Å². The number of benzene rings is 1. The number of nitrogens with one attached hydrogen (secondary N) is 1. The van der Waals surface area contributed by atoms with Gasteiger partial charge < -0.3 is 19.7 Å². The summed E-state index contributed by atoms with van der Waals surface area (Å²) in [4.78, 5) is 16.9. The van der Waals surface area contributed by atoms with Gasteiger partial charge in [0.15, 0.2) is 5.03 Å². The number of carbonyl (C=O) groups excluding carboxylic acids is 1. The molecule has 2 N–H and O–H groups in total. The molecule has 196 valence electrons. The maximum absolute atomic E-state index is 13.5. The fourth-order valence-electron chi connectivity index (χ4n) is 4.80. The number of aliphatic hydroxyl groups excluding tert-OH is 1. The van der Waals surface area contributed by atoms with Gasteiger partial charge in [-0.15, -0.1) is 0 Å². The Morgan fingerprint density at radius 3 is 2.75 bits per heavy atom. The van der Waals surface area contributed by atoms with Crippen molar-refractivity contribution in [3.63, 3.8) is 0 Å². The molecule has 4 unspecified atom stereocenters. The highest BCUT2D eigenvalue weighted by atomic mass is 32.2. The molecule has 0 saturated carbocycles. The molecule has 0 bridgehead atoms. The van der Waals surface area contributed by atoms with Crippen molar-refractivity contribution < 1.29 is 23.1 Å². The molecule has 1 aliphatic heterocycles. The lowest BCUT2D eigenvalue weighted by atomic mass is 9.99. The van der Waals surface area contributed by atoms with Crippen LogP contribution in [0.3, 0.4) is 0 Å². The highest BCUT2D eigenvalue weighted by Crippen LogP contribution is 2.22. The number of carbonyl (C=O) groups is 1. The summed E-state index contributed by atoms with van der Waals surface area (Å²) in [6, 6.07) is 8.91. The molecule has 1 aliphatic carbocycles. The number of hydrogen-bond donors (Lipinski definition) is 2. The first-order valence-electron chi connectivity index (χ1n) is 12.6. The summed E-state index contributed by atoms with van der Waals surface area (Å²) in [5.74, 6) is 0.0462. The van der Waals surface area contributed by atoms with E-state index in [4.69, 9.17) is 4.74 Å².